The highest BCUT2D eigenvalue weighted by Crippen LogP contribution is 2.35. The van der Waals surface area contributed by atoms with Crippen LogP contribution in [0.1, 0.15) is 12.8 Å². The number of nitrogens with two attached hydrogens (primary N) is 1. The Bertz CT molecular complexity index is 452. The Morgan fingerprint density at radius 3 is 2.83 bits per heavy atom. The van der Waals surface area contributed by atoms with Crippen LogP contribution in [0.25, 0.3) is 0 Å². The van der Waals surface area contributed by atoms with Crippen molar-refractivity contribution < 1.29 is 14.3 Å². The van der Waals surface area contributed by atoms with E-state index in [-0.39, 0.29) is 12.7 Å². The van der Waals surface area contributed by atoms with E-state index in [4.69, 9.17) is 15.2 Å². The Kier molecular flexibility index (Phi) is 4.45. The molecule has 1 aliphatic rings. The van der Waals surface area contributed by atoms with Crippen molar-refractivity contribution in [2.75, 3.05) is 6.61 Å². The van der Waals surface area contributed by atoms with Gasteiger partial charge in [0.2, 0.25) is 5.88 Å². The minimum absolute atomic E-state index is 0.265. The minimum atomic E-state index is -0.765. The van der Waals surface area contributed by atoms with Crippen molar-refractivity contribution in [3.05, 3.63) is 21.2 Å². The highest BCUT2D eigenvalue weighted by atomic mass is 79.9. The summed E-state index contributed by atoms with van der Waals surface area (Å²) in [6.45, 7) is 0.265. The number of hydrogen-bond donors (Lipinski definition) is 1. The van der Waals surface area contributed by atoms with E-state index in [2.05, 4.69) is 36.8 Å². The fraction of sp³-hybridized carbons (Fsp3) is 0.455. The highest BCUT2D eigenvalue weighted by Gasteiger charge is 2.34. The van der Waals surface area contributed by atoms with Crippen LogP contribution in [0.2, 0.25) is 0 Å². The quantitative estimate of drug-likeness (QED) is 0.853. The van der Waals surface area contributed by atoms with E-state index in [1.807, 2.05) is 6.07 Å². The van der Waals surface area contributed by atoms with Gasteiger partial charge < -0.3 is 15.2 Å². The third-order valence-electron chi connectivity index (χ3n) is 2.57. The second kappa shape index (κ2) is 5.88. The van der Waals surface area contributed by atoms with E-state index >= 15 is 0 Å². The molecule has 0 spiro atoms. The summed E-state index contributed by atoms with van der Waals surface area (Å²) in [6.07, 6.45) is 2.66. The van der Waals surface area contributed by atoms with Crippen LogP contribution in [0.3, 0.4) is 0 Å². The third-order valence-corrected chi connectivity index (χ3v) is 3.58. The van der Waals surface area contributed by atoms with Crippen molar-refractivity contribution in [1.82, 2.24) is 4.98 Å². The molecule has 2 N–H and O–H groups in total. The van der Waals surface area contributed by atoms with Crippen LogP contribution in [-0.4, -0.2) is 23.8 Å². The zero-order valence-electron chi connectivity index (χ0n) is 9.44. The van der Waals surface area contributed by atoms with Gasteiger partial charge in [0.25, 0.3) is 0 Å². The number of pyridine rings is 1. The maximum absolute atomic E-state index is 10.8. The van der Waals surface area contributed by atoms with Gasteiger partial charge in [-0.2, -0.15) is 0 Å². The van der Waals surface area contributed by atoms with Gasteiger partial charge >= 0.3 is 6.09 Å². The molecule has 0 radical (unpaired) electrons. The van der Waals surface area contributed by atoms with E-state index in [1.54, 1.807) is 6.20 Å². The van der Waals surface area contributed by atoms with Crippen molar-refractivity contribution in [1.29, 1.82) is 0 Å². The lowest BCUT2D eigenvalue weighted by atomic mass is 10.2. The third kappa shape index (κ3) is 3.84. The molecule has 1 unspecified atom stereocenters. The summed E-state index contributed by atoms with van der Waals surface area (Å²) in [6, 6.07) is 1.84. The molecule has 1 atom stereocenters. The Balaban J connectivity index is 1.94. The molecule has 2 rings (SSSR count). The first-order valence-corrected chi connectivity index (χ1v) is 7.05. The van der Waals surface area contributed by atoms with Crippen LogP contribution in [0.15, 0.2) is 21.2 Å². The molecule has 7 heteroatoms. The average molecular weight is 380 g/mol. The number of primary amides is 1. The van der Waals surface area contributed by atoms with E-state index in [9.17, 15) is 4.79 Å². The normalized spacial score (nSPS) is 16.1. The smallest absolute Gasteiger partial charge is 0.404 e. The Hall–Kier alpha value is -0.820. The number of rotatable bonds is 5. The molecule has 1 amide bonds. The average Bonchev–Trinajstić information content (AvgIpc) is 3.09. The predicted molar refractivity (Wildman–Crippen MR) is 72.3 cm³/mol. The van der Waals surface area contributed by atoms with Gasteiger partial charge in [0.1, 0.15) is 12.7 Å². The standard InChI is InChI=1S/C11H12Br2N2O3/c12-7-3-8(13)10(15-4-7)17-5-9(6-1-2-6)18-11(14)16/h3-4,6,9H,1-2,5H2,(H2,14,16). The van der Waals surface area contributed by atoms with Crippen LogP contribution in [0.4, 0.5) is 4.79 Å². The molecule has 98 valence electrons. The second-order valence-electron chi connectivity index (χ2n) is 4.06. The Morgan fingerprint density at radius 1 is 1.56 bits per heavy atom. The molecular formula is C11H12Br2N2O3. The summed E-state index contributed by atoms with van der Waals surface area (Å²) in [7, 11) is 0. The van der Waals surface area contributed by atoms with Gasteiger partial charge in [-0.15, -0.1) is 0 Å². The molecular weight excluding hydrogens is 368 g/mol. The maximum atomic E-state index is 10.8. The highest BCUT2D eigenvalue weighted by molar-refractivity contribution is 9.11. The van der Waals surface area contributed by atoms with Gasteiger partial charge in [0.05, 0.1) is 4.47 Å². The molecule has 0 saturated heterocycles. The number of carbonyl (C=O) groups excluding carboxylic acids is 1. The van der Waals surface area contributed by atoms with Gasteiger partial charge in [0.15, 0.2) is 0 Å². The van der Waals surface area contributed by atoms with Crippen LogP contribution in [0.5, 0.6) is 5.88 Å². The van der Waals surface area contributed by atoms with Crippen LogP contribution in [-0.2, 0) is 4.74 Å². The predicted octanol–water partition coefficient (Wildman–Crippen LogP) is 2.86. The molecule has 1 aliphatic carbocycles. The van der Waals surface area contributed by atoms with Crippen molar-refractivity contribution in [3.63, 3.8) is 0 Å². The molecule has 0 aromatic carbocycles. The lowest BCUT2D eigenvalue weighted by Gasteiger charge is -2.16. The molecule has 1 heterocycles. The number of hydrogen-bond acceptors (Lipinski definition) is 4. The van der Waals surface area contributed by atoms with Gasteiger partial charge in [-0.05, 0) is 56.7 Å². The van der Waals surface area contributed by atoms with Crippen LogP contribution in [0, 0.1) is 5.92 Å². The maximum Gasteiger partial charge on any atom is 0.404 e. The molecule has 5 nitrogen and oxygen atoms in total. The second-order valence-corrected chi connectivity index (χ2v) is 5.83. The monoisotopic (exact) mass is 378 g/mol. The summed E-state index contributed by atoms with van der Waals surface area (Å²) < 4.78 is 12.2. The summed E-state index contributed by atoms with van der Waals surface area (Å²) in [5.41, 5.74) is 5.03. The van der Waals surface area contributed by atoms with Crippen molar-refractivity contribution in [2.24, 2.45) is 11.7 Å². The van der Waals surface area contributed by atoms with Gasteiger partial charge in [-0.25, -0.2) is 9.78 Å². The minimum Gasteiger partial charge on any atom is -0.473 e. The number of carbonyl (C=O) groups is 1. The van der Waals surface area contributed by atoms with Crippen LogP contribution >= 0.6 is 31.9 Å². The molecule has 1 fully saturated rings. The number of nitrogens with zero attached hydrogens (tertiary/aromatic N) is 1. The number of ether oxygens (including phenoxy) is 2. The zero-order chi connectivity index (χ0) is 13.1. The van der Waals surface area contributed by atoms with Gasteiger partial charge in [-0.3, -0.25) is 0 Å². The summed E-state index contributed by atoms with van der Waals surface area (Å²) >= 11 is 6.66. The Labute approximate surface area is 121 Å². The molecule has 1 saturated carbocycles. The lowest BCUT2D eigenvalue weighted by Crippen LogP contribution is -2.30. The first-order valence-electron chi connectivity index (χ1n) is 5.46. The van der Waals surface area contributed by atoms with E-state index < -0.39 is 6.09 Å². The van der Waals surface area contributed by atoms with E-state index in [0.717, 1.165) is 21.8 Å². The summed E-state index contributed by atoms with van der Waals surface area (Å²) in [5.74, 6) is 0.823. The first kappa shape index (κ1) is 13.6. The first-order chi connectivity index (χ1) is 8.56. The summed E-state index contributed by atoms with van der Waals surface area (Å²) in [5, 5.41) is 0. The number of aromatic nitrogens is 1. The van der Waals surface area contributed by atoms with E-state index in [1.165, 1.54) is 0 Å². The fourth-order valence-electron chi connectivity index (χ4n) is 1.55. The van der Waals surface area contributed by atoms with Crippen LogP contribution < -0.4 is 10.5 Å². The SMILES string of the molecule is NC(=O)OC(COc1ncc(Br)cc1Br)C1CC1. The molecule has 1 aromatic rings. The molecule has 18 heavy (non-hydrogen) atoms. The van der Waals surface area contributed by atoms with Crippen molar-refractivity contribution in [3.8, 4) is 5.88 Å². The van der Waals surface area contributed by atoms with Gasteiger partial charge in [0, 0.05) is 10.7 Å². The summed E-state index contributed by atoms with van der Waals surface area (Å²) in [4.78, 5) is 14.9. The van der Waals surface area contributed by atoms with Crippen molar-refractivity contribution >= 4 is 38.0 Å². The Morgan fingerprint density at radius 2 is 2.28 bits per heavy atom. The molecule has 0 bridgehead atoms. The number of halogens is 2. The topological polar surface area (TPSA) is 74.4 Å². The largest absolute Gasteiger partial charge is 0.473 e. The lowest BCUT2D eigenvalue weighted by molar-refractivity contribution is 0.0569. The van der Waals surface area contributed by atoms with Crippen molar-refractivity contribution in [2.45, 2.75) is 18.9 Å². The molecule has 0 aliphatic heterocycles. The van der Waals surface area contributed by atoms with E-state index in [0.29, 0.717) is 11.8 Å². The van der Waals surface area contributed by atoms with Gasteiger partial charge in [-0.1, -0.05) is 0 Å². The number of amides is 1. The molecule has 1 aromatic heterocycles. The zero-order valence-corrected chi connectivity index (χ0v) is 12.6. The fourth-order valence-corrected chi connectivity index (χ4v) is 2.65.